The van der Waals surface area contributed by atoms with Crippen LogP contribution in [0.3, 0.4) is 0 Å². The fourth-order valence-electron chi connectivity index (χ4n) is 3.55. The zero-order chi connectivity index (χ0) is 14.8. The van der Waals surface area contributed by atoms with Gasteiger partial charge in [0.1, 0.15) is 11.5 Å². The van der Waals surface area contributed by atoms with Crippen molar-refractivity contribution in [2.24, 2.45) is 0 Å². The highest BCUT2D eigenvalue weighted by Crippen LogP contribution is 2.37. The summed E-state index contributed by atoms with van der Waals surface area (Å²) >= 11 is 6.16. The van der Waals surface area contributed by atoms with E-state index in [1.165, 1.54) is 38.8 Å². The predicted molar refractivity (Wildman–Crippen MR) is 85.8 cm³/mol. The molecule has 2 heterocycles. The first-order chi connectivity index (χ1) is 10.2. The molecular formula is C16H23ClN2O2. The van der Waals surface area contributed by atoms with E-state index in [4.69, 9.17) is 21.1 Å². The molecule has 116 valence electrons. The Morgan fingerprint density at radius 1 is 1.14 bits per heavy atom. The molecule has 5 heteroatoms. The number of fused-ring (bicyclic) bond motifs is 1. The summed E-state index contributed by atoms with van der Waals surface area (Å²) in [7, 11) is 3.30. The van der Waals surface area contributed by atoms with Gasteiger partial charge in [0.15, 0.2) is 0 Å². The van der Waals surface area contributed by atoms with Crippen LogP contribution in [-0.4, -0.2) is 44.3 Å². The van der Waals surface area contributed by atoms with Gasteiger partial charge in [-0.25, -0.2) is 0 Å². The van der Waals surface area contributed by atoms with E-state index in [1.807, 2.05) is 12.1 Å². The zero-order valence-electron chi connectivity index (χ0n) is 12.7. The van der Waals surface area contributed by atoms with Crippen molar-refractivity contribution in [2.45, 2.75) is 37.8 Å². The summed E-state index contributed by atoms with van der Waals surface area (Å²) in [6, 6.07) is 4.98. The Morgan fingerprint density at radius 3 is 2.71 bits per heavy atom. The topological polar surface area (TPSA) is 33.7 Å². The van der Waals surface area contributed by atoms with E-state index in [0.717, 1.165) is 17.5 Å². The molecule has 0 radical (unpaired) electrons. The molecular weight excluding hydrogens is 288 g/mol. The molecule has 0 aliphatic carbocycles. The Balaban J connectivity index is 1.74. The van der Waals surface area contributed by atoms with Crippen molar-refractivity contribution in [1.29, 1.82) is 0 Å². The molecule has 1 N–H and O–H groups in total. The van der Waals surface area contributed by atoms with Crippen LogP contribution in [0.15, 0.2) is 12.1 Å². The van der Waals surface area contributed by atoms with E-state index in [-0.39, 0.29) is 0 Å². The molecule has 0 amide bonds. The van der Waals surface area contributed by atoms with Crippen LogP contribution < -0.4 is 14.8 Å². The number of nitrogens with one attached hydrogen (secondary N) is 1. The zero-order valence-corrected chi connectivity index (χ0v) is 13.4. The maximum Gasteiger partial charge on any atom is 0.143 e. The summed E-state index contributed by atoms with van der Waals surface area (Å²) in [5.74, 6) is 1.45. The SMILES string of the molecule is COc1cc(NC2CCN3CCCC3C2)c(OC)cc1Cl. The molecule has 2 fully saturated rings. The fraction of sp³-hybridized carbons (Fsp3) is 0.625. The summed E-state index contributed by atoms with van der Waals surface area (Å²) < 4.78 is 10.7. The molecule has 2 unspecified atom stereocenters. The van der Waals surface area contributed by atoms with Gasteiger partial charge in [-0.1, -0.05) is 11.6 Å². The van der Waals surface area contributed by atoms with Crippen LogP contribution >= 0.6 is 11.6 Å². The van der Waals surface area contributed by atoms with E-state index >= 15 is 0 Å². The number of hydrogen-bond donors (Lipinski definition) is 1. The van der Waals surface area contributed by atoms with Crippen LogP contribution in [0.4, 0.5) is 5.69 Å². The van der Waals surface area contributed by atoms with Gasteiger partial charge in [-0.05, 0) is 32.2 Å². The van der Waals surface area contributed by atoms with Crippen molar-refractivity contribution in [3.05, 3.63) is 17.2 Å². The van der Waals surface area contributed by atoms with Crippen LogP contribution in [0.1, 0.15) is 25.7 Å². The van der Waals surface area contributed by atoms with Crippen LogP contribution in [0, 0.1) is 0 Å². The molecule has 0 bridgehead atoms. The first-order valence-electron chi connectivity index (χ1n) is 7.63. The van der Waals surface area contributed by atoms with Crippen molar-refractivity contribution in [2.75, 3.05) is 32.6 Å². The molecule has 0 saturated carbocycles. The molecule has 2 aliphatic heterocycles. The van der Waals surface area contributed by atoms with Crippen LogP contribution in [0.2, 0.25) is 5.02 Å². The smallest absolute Gasteiger partial charge is 0.143 e. The first-order valence-corrected chi connectivity index (χ1v) is 8.01. The second-order valence-corrected chi connectivity index (χ2v) is 6.29. The Morgan fingerprint density at radius 2 is 1.95 bits per heavy atom. The lowest BCUT2D eigenvalue weighted by Gasteiger charge is -2.35. The lowest BCUT2D eigenvalue weighted by Crippen LogP contribution is -2.42. The van der Waals surface area contributed by atoms with Gasteiger partial charge in [0, 0.05) is 30.8 Å². The number of hydrogen-bond acceptors (Lipinski definition) is 4. The Labute approximate surface area is 131 Å². The van der Waals surface area contributed by atoms with E-state index in [2.05, 4.69) is 10.2 Å². The highest BCUT2D eigenvalue weighted by molar-refractivity contribution is 6.32. The quantitative estimate of drug-likeness (QED) is 0.924. The lowest BCUT2D eigenvalue weighted by atomic mass is 9.97. The van der Waals surface area contributed by atoms with Crippen LogP contribution in [-0.2, 0) is 0 Å². The summed E-state index contributed by atoms with van der Waals surface area (Å²) in [5.41, 5.74) is 0.968. The number of anilines is 1. The highest BCUT2D eigenvalue weighted by atomic mass is 35.5. The molecule has 0 aromatic heterocycles. The van der Waals surface area contributed by atoms with Crippen LogP contribution in [0.25, 0.3) is 0 Å². The third-order valence-electron chi connectivity index (χ3n) is 4.65. The van der Waals surface area contributed by atoms with Gasteiger partial charge >= 0.3 is 0 Å². The molecule has 2 atom stereocenters. The number of piperidine rings is 1. The number of nitrogens with zero attached hydrogens (tertiary/aromatic N) is 1. The van der Waals surface area contributed by atoms with Crippen molar-refractivity contribution >= 4 is 17.3 Å². The van der Waals surface area contributed by atoms with Crippen molar-refractivity contribution in [3.63, 3.8) is 0 Å². The Hall–Kier alpha value is -1.13. The van der Waals surface area contributed by atoms with Crippen molar-refractivity contribution in [3.8, 4) is 11.5 Å². The molecule has 4 nitrogen and oxygen atoms in total. The summed E-state index contributed by atoms with van der Waals surface area (Å²) in [5, 5.41) is 4.20. The third kappa shape index (κ3) is 3.06. The number of methoxy groups -OCH3 is 2. The number of halogens is 1. The Kier molecular flexibility index (Phi) is 4.45. The molecule has 1 aromatic carbocycles. The maximum atomic E-state index is 6.16. The molecule has 2 aliphatic rings. The second kappa shape index (κ2) is 6.32. The minimum absolute atomic E-state index is 0.490. The van der Waals surface area contributed by atoms with E-state index in [9.17, 15) is 0 Å². The minimum atomic E-state index is 0.490. The third-order valence-corrected chi connectivity index (χ3v) is 4.95. The van der Waals surface area contributed by atoms with Gasteiger partial charge in [-0.3, -0.25) is 0 Å². The Bertz CT molecular complexity index is 509. The first kappa shape index (κ1) is 14.8. The summed E-state index contributed by atoms with van der Waals surface area (Å²) in [6.07, 6.45) is 5.05. The normalized spacial score (nSPS) is 25.5. The minimum Gasteiger partial charge on any atom is -0.495 e. The standard InChI is InChI=1S/C16H23ClN2O2/c1-20-15-10-14(16(21-2)9-13(15)17)18-11-5-7-19-6-3-4-12(19)8-11/h9-12,18H,3-8H2,1-2H3. The molecule has 0 spiro atoms. The maximum absolute atomic E-state index is 6.16. The van der Waals surface area contributed by atoms with Gasteiger partial charge in [0.2, 0.25) is 0 Å². The lowest BCUT2D eigenvalue weighted by molar-refractivity contribution is 0.188. The van der Waals surface area contributed by atoms with Crippen molar-refractivity contribution < 1.29 is 9.47 Å². The predicted octanol–water partition coefficient (Wildman–Crippen LogP) is 3.40. The number of benzene rings is 1. The summed E-state index contributed by atoms with van der Waals surface area (Å²) in [6.45, 7) is 2.46. The molecule has 1 aromatic rings. The van der Waals surface area contributed by atoms with Crippen LogP contribution in [0.5, 0.6) is 11.5 Å². The molecule has 21 heavy (non-hydrogen) atoms. The highest BCUT2D eigenvalue weighted by Gasteiger charge is 2.31. The van der Waals surface area contributed by atoms with Gasteiger partial charge in [0.05, 0.1) is 24.9 Å². The van der Waals surface area contributed by atoms with Gasteiger partial charge in [-0.15, -0.1) is 0 Å². The van der Waals surface area contributed by atoms with E-state index in [1.54, 1.807) is 14.2 Å². The second-order valence-electron chi connectivity index (χ2n) is 5.88. The number of ether oxygens (including phenoxy) is 2. The average Bonchev–Trinajstić information content (AvgIpc) is 2.96. The molecule has 2 saturated heterocycles. The van der Waals surface area contributed by atoms with E-state index in [0.29, 0.717) is 16.8 Å². The van der Waals surface area contributed by atoms with Crippen molar-refractivity contribution in [1.82, 2.24) is 4.90 Å². The monoisotopic (exact) mass is 310 g/mol. The van der Waals surface area contributed by atoms with E-state index < -0.39 is 0 Å². The van der Waals surface area contributed by atoms with Gasteiger partial charge in [0.25, 0.3) is 0 Å². The molecule has 3 rings (SSSR count). The fourth-order valence-corrected chi connectivity index (χ4v) is 3.78. The largest absolute Gasteiger partial charge is 0.495 e. The average molecular weight is 311 g/mol. The van der Waals surface area contributed by atoms with Gasteiger partial charge in [-0.2, -0.15) is 0 Å². The summed E-state index contributed by atoms with van der Waals surface area (Å²) in [4.78, 5) is 2.62. The number of rotatable bonds is 4. The van der Waals surface area contributed by atoms with Gasteiger partial charge < -0.3 is 19.7 Å².